The van der Waals surface area contributed by atoms with E-state index < -0.39 is 6.85 Å². The van der Waals surface area contributed by atoms with Gasteiger partial charge in [-0.2, -0.15) is 0 Å². The topological polar surface area (TPSA) is 17.0 Å². The highest BCUT2D eigenvalue weighted by atomic mass is 16.3. The first kappa shape index (κ1) is 14.6. The van der Waals surface area contributed by atoms with Crippen LogP contribution in [0.1, 0.15) is 20.8 Å². The van der Waals surface area contributed by atoms with Gasteiger partial charge in [0.1, 0.15) is 18.2 Å². The summed E-state index contributed by atoms with van der Waals surface area (Å²) in [4.78, 5) is 0. The van der Waals surface area contributed by atoms with Crippen LogP contribution in [0.25, 0.3) is 44.3 Å². The molecule has 0 amide bonds. The minimum atomic E-state index is -2.26. The number of hydrogen-bond acceptors (Lipinski definition) is 1. The van der Waals surface area contributed by atoms with Gasteiger partial charge in [-0.3, -0.25) is 0 Å². The summed E-state index contributed by atoms with van der Waals surface area (Å²) in [6.45, 7) is 1.84. The molecule has 5 rings (SSSR count). The van der Waals surface area contributed by atoms with E-state index in [2.05, 4.69) is 31.2 Å². The maximum atomic E-state index is 8.21. The first-order valence-corrected chi connectivity index (χ1v) is 9.76. The second-order valence-corrected chi connectivity index (χ2v) is 7.70. The van der Waals surface area contributed by atoms with E-state index in [9.17, 15) is 0 Å². The van der Waals surface area contributed by atoms with Crippen LogP contribution >= 0.6 is 0 Å². The lowest BCUT2D eigenvalue weighted by molar-refractivity contribution is -0.660. The van der Waals surface area contributed by atoms with Crippen LogP contribution in [0.2, 0.25) is 0 Å². The van der Waals surface area contributed by atoms with E-state index in [-0.39, 0.29) is 0 Å². The maximum Gasteiger partial charge on any atom is 0.213 e. The van der Waals surface area contributed by atoms with Crippen LogP contribution in [-0.4, -0.2) is 0 Å². The molecule has 2 aromatic heterocycles. The third-order valence-electron chi connectivity index (χ3n) is 5.64. The molecular formula is C27H24NO+. The Bertz CT molecular complexity index is 1490. The summed E-state index contributed by atoms with van der Waals surface area (Å²) in [5.74, 6) is 0. The highest BCUT2D eigenvalue weighted by Crippen LogP contribution is 2.38. The van der Waals surface area contributed by atoms with Crippen LogP contribution in [0.3, 0.4) is 0 Å². The highest BCUT2D eigenvalue weighted by molar-refractivity contribution is 6.09. The Morgan fingerprint density at radius 3 is 2.45 bits per heavy atom. The van der Waals surface area contributed by atoms with Gasteiger partial charge in [-0.25, -0.2) is 4.57 Å². The second kappa shape index (κ2) is 6.59. The summed E-state index contributed by atoms with van der Waals surface area (Å²) in [7, 11) is 1.89. The largest absolute Gasteiger partial charge is 0.455 e. The third-order valence-corrected chi connectivity index (χ3v) is 5.64. The Morgan fingerprint density at radius 2 is 1.62 bits per heavy atom. The Hall–Kier alpha value is -3.39. The van der Waals surface area contributed by atoms with Gasteiger partial charge in [0, 0.05) is 43.2 Å². The standard InChI is InChI=1S/C27H24NO/c1-17-12-13-21-22-10-7-11-23(27(22)29-26(21)14-17)24-15-25(28(4)16-19(24)3)20-9-6-5-8-18(20)2/h5-16H,1-4H3/q+1/i3D3. The number of furan rings is 1. The maximum absolute atomic E-state index is 8.21. The molecule has 3 aromatic carbocycles. The number of benzene rings is 3. The van der Waals surface area contributed by atoms with Crippen LogP contribution in [0.4, 0.5) is 0 Å². The molecule has 5 aromatic rings. The van der Waals surface area contributed by atoms with Crippen molar-refractivity contribution in [3.05, 3.63) is 89.6 Å². The fraction of sp³-hybridized carbons (Fsp3) is 0.148. The van der Waals surface area contributed by atoms with Gasteiger partial charge >= 0.3 is 0 Å². The number of rotatable bonds is 2. The molecule has 0 saturated heterocycles. The zero-order valence-corrected chi connectivity index (χ0v) is 16.8. The molecule has 0 bridgehead atoms. The molecule has 0 fully saturated rings. The lowest BCUT2D eigenvalue weighted by atomic mass is 9.96. The van der Waals surface area contributed by atoms with E-state index in [4.69, 9.17) is 8.53 Å². The number of nitrogens with zero attached hydrogens (tertiary/aromatic N) is 1. The molecule has 0 aliphatic carbocycles. The molecule has 2 heteroatoms. The quantitative estimate of drug-likeness (QED) is 0.312. The van der Waals surface area contributed by atoms with Crippen molar-refractivity contribution in [1.82, 2.24) is 0 Å². The first-order valence-electron chi connectivity index (χ1n) is 11.3. The van der Waals surface area contributed by atoms with Crippen LogP contribution < -0.4 is 4.57 Å². The molecule has 2 nitrogen and oxygen atoms in total. The van der Waals surface area contributed by atoms with Crippen molar-refractivity contribution < 1.29 is 13.1 Å². The van der Waals surface area contributed by atoms with Crippen LogP contribution in [0.15, 0.2) is 77.3 Å². The molecule has 0 aliphatic rings. The van der Waals surface area contributed by atoms with Gasteiger partial charge < -0.3 is 4.42 Å². The van der Waals surface area contributed by atoms with Crippen molar-refractivity contribution in [2.45, 2.75) is 20.7 Å². The minimum Gasteiger partial charge on any atom is -0.455 e. The van der Waals surface area contributed by atoms with Crippen molar-refractivity contribution in [3.63, 3.8) is 0 Å². The SMILES string of the molecule is [2H]C([2H])([2H])c1c[n+](C)c(-c2ccccc2C)cc1-c1cccc2c1oc1cc(C)ccc12. The van der Waals surface area contributed by atoms with E-state index >= 15 is 0 Å². The summed E-state index contributed by atoms with van der Waals surface area (Å²) in [5, 5.41) is 2.02. The highest BCUT2D eigenvalue weighted by Gasteiger charge is 2.19. The number of fused-ring (bicyclic) bond motifs is 3. The Labute approximate surface area is 175 Å². The van der Waals surface area contributed by atoms with E-state index in [0.717, 1.165) is 44.3 Å². The van der Waals surface area contributed by atoms with Crippen molar-refractivity contribution in [2.24, 2.45) is 7.05 Å². The number of aryl methyl sites for hydroxylation is 4. The molecule has 0 aliphatic heterocycles. The van der Waals surface area contributed by atoms with Crippen LogP contribution in [-0.2, 0) is 7.05 Å². The van der Waals surface area contributed by atoms with Gasteiger partial charge in [0.15, 0.2) is 6.20 Å². The first-order chi connectivity index (χ1) is 15.2. The van der Waals surface area contributed by atoms with E-state index in [1.807, 2.05) is 61.0 Å². The molecule has 142 valence electrons. The Balaban J connectivity index is 1.86. The van der Waals surface area contributed by atoms with Gasteiger partial charge in [-0.15, -0.1) is 0 Å². The Kier molecular flexibility index (Phi) is 3.32. The molecular weight excluding hydrogens is 354 g/mol. The lowest BCUT2D eigenvalue weighted by Gasteiger charge is -2.10. The number of aromatic nitrogens is 1. The average molecular weight is 382 g/mol. The summed E-state index contributed by atoms with van der Waals surface area (Å²) >= 11 is 0. The second-order valence-electron chi connectivity index (χ2n) is 7.70. The van der Waals surface area contributed by atoms with Crippen molar-refractivity contribution in [2.75, 3.05) is 0 Å². The van der Waals surface area contributed by atoms with E-state index in [1.165, 1.54) is 0 Å². The smallest absolute Gasteiger partial charge is 0.213 e. The Morgan fingerprint density at radius 1 is 0.793 bits per heavy atom. The number of pyridine rings is 1. The molecule has 0 radical (unpaired) electrons. The third kappa shape index (κ3) is 2.84. The van der Waals surface area contributed by atoms with Crippen LogP contribution in [0.5, 0.6) is 0 Å². The molecule has 0 N–H and O–H groups in total. The van der Waals surface area contributed by atoms with E-state index in [1.54, 1.807) is 6.20 Å². The summed E-state index contributed by atoms with van der Waals surface area (Å²) in [6, 6.07) is 22.2. The van der Waals surface area contributed by atoms with Gasteiger partial charge in [0.05, 0.1) is 0 Å². The van der Waals surface area contributed by atoms with Gasteiger partial charge in [-0.1, -0.05) is 48.5 Å². The fourth-order valence-electron chi connectivity index (χ4n) is 4.12. The lowest BCUT2D eigenvalue weighted by Crippen LogP contribution is -2.31. The molecule has 0 spiro atoms. The summed E-state index contributed by atoms with van der Waals surface area (Å²) in [6.07, 6.45) is 1.73. The predicted molar refractivity (Wildman–Crippen MR) is 120 cm³/mol. The predicted octanol–water partition coefficient (Wildman–Crippen LogP) is 6.67. The molecule has 0 unspecified atom stereocenters. The average Bonchev–Trinajstić information content (AvgIpc) is 3.11. The number of hydrogen-bond donors (Lipinski definition) is 0. The van der Waals surface area contributed by atoms with Gasteiger partial charge in [0.25, 0.3) is 0 Å². The molecule has 2 heterocycles. The van der Waals surface area contributed by atoms with Crippen molar-refractivity contribution in [1.29, 1.82) is 0 Å². The van der Waals surface area contributed by atoms with Crippen molar-refractivity contribution >= 4 is 21.9 Å². The molecule has 0 saturated carbocycles. The monoisotopic (exact) mass is 381 g/mol. The zero-order valence-electron chi connectivity index (χ0n) is 19.8. The van der Waals surface area contributed by atoms with E-state index in [0.29, 0.717) is 16.7 Å². The normalized spacial score (nSPS) is 13.4. The number of para-hydroxylation sites is 1. The van der Waals surface area contributed by atoms with Crippen molar-refractivity contribution in [3.8, 4) is 22.4 Å². The minimum absolute atomic E-state index is 0.307. The summed E-state index contributed by atoms with van der Waals surface area (Å²) < 4.78 is 32.8. The fourth-order valence-corrected chi connectivity index (χ4v) is 4.12. The van der Waals surface area contributed by atoms with Gasteiger partial charge in [-0.05, 0) is 44.0 Å². The molecule has 0 atom stereocenters. The molecule has 29 heavy (non-hydrogen) atoms. The van der Waals surface area contributed by atoms with Gasteiger partial charge in [0.2, 0.25) is 5.69 Å². The zero-order chi connectivity index (χ0) is 22.6. The van der Waals surface area contributed by atoms with Crippen LogP contribution in [0, 0.1) is 20.7 Å². The summed E-state index contributed by atoms with van der Waals surface area (Å²) in [5.41, 5.74) is 7.56.